The van der Waals surface area contributed by atoms with Crippen LogP contribution in [0.15, 0.2) is 35.3 Å². The Balaban J connectivity index is 2.54. The maximum Gasteiger partial charge on any atom is 0.193 e. The third-order valence-electron chi connectivity index (χ3n) is 2.62. The summed E-state index contributed by atoms with van der Waals surface area (Å²) in [6.45, 7) is 5.19. The van der Waals surface area contributed by atoms with E-state index in [0.29, 0.717) is 0 Å². The van der Waals surface area contributed by atoms with Gasteiger partial charge in [-0.2, -0.15) is 0 Å². The van der Waals surface area contributed by atoms with E-state index in [1.807, 2.05) is 30.3 Å². The van der Waals surface area contributed by atoms with E-state index in [4.69, 9.17) is 5.73 Å². The Kier molecular flexibility index (Phi) is 4.94. The molecule has 0 aliphatic heterocycles. The number of hydrogen-bond donors (Lipinski definition) is 2. The minimum atomic E-state index is -3.16. The highest BCUT2D eigenvalue weighted by atomic mass is 32.2. The molecule has 0 unspecified atom stereocenters. The highest BCUT2D eigenvalue weighted by Crippen LogP contribution is 2.15. The van der Waals surface area contributed by atoms with Gasteiger partial charge in [-0.25, -0.2) is 8.42 Å². The van der Waals surface area contributed by atoms with Crippen molar-refractivity contribution >= 4 is 21.5 Å². The van der Waals surface area contributed by atoms with Gasteiger partial charge in [0, 0.05) is 5.69 Å². The zero-order valence-corrected chi connectivity index (χ0v) is 12.4. The second kappa shape index (κ2) is 6.06. The zero-order chi connectivity index (χ0) is 14.5. The Bertz CT molecular complexity index is 531. The standard InChI is InChI=1S/C13H21N3O2S/c1-13(2,3)19(17,18)10-9-15-12(14)16-11-7-5-4-6-8-11/h4-8H,9-10H2,1-3H3,(H3,14,15,16). The Morgan fingerprint density at radius 1 is 1.26 bits per heavy atom. The molecule has 0 radical (unpaired) electrons. The molecule has 6 heteroatoms. The summed E-state index contributed by atoms with van der Waals surface area (Å²) in [4.78, 5) is 4.02. The quantitative estimate of drug-likeness (QED) is 0.649. The molecular formula is C13H21N3O2S. The second-order valence-corrected chi connectivity index (χ2v) is 8.05. The van der Waals surface area contributed by atoms with Crippen LogP contribution < -0.4 is 11.1 Å². The first-order valence-corrected chi connectivity index (χ1v) is 7.72. The number of para-hydroxylation sites is 1. The molecule has 0 aliphatic rings. The summed E-state index contributed by atoms with van der Waals surface area (Å²) in [5.41, 5.74) is 6.51. The van der Waals surface area contributed by atoms with Gasteiger partial charge in [-0.05, 0) is 32.9 Å². The van der Waals surface area contributed by atoms with E-state index in [0.717, 1.165) is 5.69 Å². The first-order valence-electron chi connectivity index (χ1n) is 6.07. The van der Waals surface area contributed by atoms with Gasteiger partial charge in [0.05, 0.1) is 17.0 Å². The molecule has 1 rings (SSSR count). The predicted molar refractivity (Wildman–Crippen MR) is 80.1 cm³/mol. The highest BCUT2D eigenvalue weighted by Gasteiger charge is 2.28. The minimum absolute atomic E-state index is 0.00628. The number of nitrogens with one attached hydrogen (secondary N) is 1. The molecule has 0 aromatic heterocycles. The Morgan fingerprint density at radius 2 is 1.84 bits per heavy atom. The van der Waals surface area contributed by atoms with Crippen LogP contribution in [0.5, 0.6) is 0 Å². The molecule has 0 aliphatic carbocycles. The average molecular weight is 283 g/mol. The lowest BCUT2D eigenvalue weighted by atomic mass is 10.3. The van der Waals surface area contributed by atoms with Crippen molar-refractivity contribution in [3.63, 3.8) is 0 Å². The molecule has 1 aromatic carbocycles. The molecule has 5 nitrogen and oxygen atoms in total. The van der Waals surface area contributed by atoms with Gasteiger partial charge in [0.1, 0.15) is 0 Å². The molecule has 0 saturated heterocycles. The maximum atomic E-state index is 11.9. The molecule has 0 heterocycles. The van der Waals surface area contributed by atoms with Crippen molar-refractivity contribution in [2.45, 2.75) is 25.5 Å². The van der Waals surface area contributed by atoms with Crippen molar-refractivity contribution in [2.24, 2.45) is 10.7 Å². The van der Waals surface area contributed by atoms with Crippen LogP contribution >= 0.6 is 0 Å². The minimum Gasteiger partial charge on any atom is -0.370 e. The van der Waals surface area contributed by atoms with Crippen molar-refractivity contribution in [3.8, 4) is 0 Å². The van der Waals surface area contributed by atoms with E-state index in [-0.39, 0.29) is 18.3 Å². The Hall–Kier alpha value is -1.56. The van der Waals surface area contributed by atoms with Crippen LogP contribution in [0.4, 0.5) is 5.69 Å². The van der Waals surface area contributed by atoms with Gasteiger partial charge in [0.15, 0.2) is 15.8 Å². The molecule has 0 atom stereocenters. The summed E-state index contributed by atoms with van der Waals surface area (Å²) in [5.74, 6) is 0.212. The van der Waals surface area contributed by atoms with Crippen LogP contribution in [-0.2, 0) is 9.84 Å². The fraction of sp³-hybridized carbons (Fsp3) is 0.462. The molecular weight excluding hydrogens is 262 g/mol. The van der Waals surface area contributed by atoms with Crippen LogP contribution in [0.1, 0.15) is 20.8 Å². The van der Waals surface area contributed by atoms with E-state index in [9.17, 15) is 8.42 Å². The van der Waals surface area contributed by atoms with Crippen molar-refractivity contribution in [3.05, 3.63) is 30.3 Å². The number of guanidine groups is 1. The lowest BCUT2D eigenvalue weighted by molar-refractivity contribution is 0.560. The predicted octanol–water partition coefficient (Wildman–Crippen LogP) is 1.63. The van der Waals surface area contributed by atoms with Gasteiger partial charge >= 0.3 is 0 Å². The monoisotopic (exact) mass is 283 g/mol. The molecule has 0 fully saturated rings. The lowest BCUT2D eigenvalue weighted by Crippen LogP contribution is -2.32. The number of rotatable bonds is 4. The number of nitrogens with two attached hydrogens (primary N) is 1. The van der Waals surface area contributed by atoms with Crippen LogP contribution in [0.2, 0.25) is 0 Å². The SMILES string of the molecule is CC(C)(C)S(=O)(=O)CCN=C(N)Nc1ccccc1. The van der Waals surface area contributed by atoms with Gasteiger partial charge in [-0.1, -0.05) is 18.2 Å². The summed E-state index contributed by atoms with van der Waals surface area (Å²) in [6.07, 6.45) is 0. The van der Waals surface area contributed by atoms with Crippen LogP contribution in [0.3, 0.4) is 0 Å². The van der Waals surface area contributed by atoms with Gasteiger partial charge in [-0.3, -0.25) is 4.99 Å². The number of hydrogen-bond acceptors (Lipinski definition) is 3. The summed E-state index contributed by atoms with van der Waals surface area (Å²) in [6, 6.07) is 9.36. The number of benzene rings is 1. The molecule has 3 N–H and O–H groups in total. The zero-order valence-electron chi connectivity index (χ0n) is 11.6. The average Bonchev–Trinajstić information content (AvgIpc) is 2.28. The smallest absolute Gasteiger partial charge is 0.193 e. The summed E-state index contributed by atoms with van der Waals surface area (Å²) < 4.78 is 23.0. The van der Waals surface area contributed by atoms with Gasteiger partial charge in [-0.15, -0.1) is 0 Å². The van der Waals surface area contributed by atoms with Crippen molar-refractivity contribution in [1.82, 2.24) is 0 Å². The van der Waals surface area contributed by atoms with Gasteiger partial charge < -0.3 is 11.1 Å². The van der Waals surface area contributed by atoms with Crippen LogP contribution in [-0.4, -0.2) is 31.4 Å². The molecule has 1 aromatic rings. The third-order valence-corrected chi connectivity index (χ3v) is 5.21. The second-order valence-electron chi connectivity index (χ2n) is 5.19. The first-order chi connectivity index (χ1) is 8.72. The number of nitrogens with zero attached hydrogens (tertiary/aromatic N) is 1. The molecule has 19 heavy (non-hydrogen) atoms. The van der Waals surface area contributed by atoms with E-state index in [2.05, 4.69) is 10.3 Å². The molecule has 0 spiro atoms. The van der Waals surface area contributed by atoms with Gasteiger partial charge in [0.2, 0.25) is 0 Å². The van der Waals surface area contributed by atoms with Gasteiger partial charge in [0.25, 0.3) is 0 Å². The van der Waals surface area contributed by atoms with Crippen molar-refractivity contribution in [1.29, 1.82) is 0 Å². The van der Waals surface area contributed by atoms with E-state index >= 15 is 0 Å². The molecule has 106 valence electrons. The number of anilines is 1. The third kappa shape index (κ3) is 4.90. The molecule has 0 bridgehead atoms. The summed E-state index contributed by atoms with van der Waals surface area (Å²) in [7, 11) is -3.16. The van der Waals surface area contributed by atoms with E-state index < -0.39 is 14.6 Å². The van der Waals surface area contributed by atoms with Crippen LogP contribution in [0, 0.1) is 0 Å². The molecule has 0 amide bonds. The maximum absolute atomic E-state index is 11.9. The fourth-order valence-corrected chi connectivity index (χ4v) is 2.25. The molecule has 0 saturated carbocycles. The Morgan fingerprint density at radius 3 is 2.37 bits per heavy atom. The first kappa shape index (κ1) is 15.5. The van der Waals surface area contributed by atoms with Crippen molar-refractivity contribution in [2.75, 3.05) is 17.6 Å². The highest BCUT2D eigenvalue weighted by molar-refractivity contribution is 7.92. The van der Waals surface area contributed by atoms with Crippen molar-refractivity contribution < 1.29 is 8.42 Å². The number of sulfone groups is 1. The summed E-state index contributed by atoms with van der Waals surface area (Å²) >= 11 is 0. The fourth-order valence-electron chi connectivity index (χ4n) is 1.30. The lowest BCUT2D eigenvalue weighted by Gasteiger charge is -2.18. The van der Waals surface area contributed by atoms with E-state index in [1.165, 1.54) is 0 Å². The normalized spacial score (nSPS) is 13.3. The summed E-state index contributed by atoms with van der Waals surface area (Å²) in [5, 5.41) is 2.90. The van der Waals surface area contributed by atoms with Crippen LogP contribution in [0.25, 0.3) is 0 Å². The van der Waals surface area contributed by atoms with E-state index in [1.54, 1.807) is 20.8 Å². The number of aliphatic imine (C=N–C) groups is 1. The largest absolute Gasteiger partial charge is 0.370 e. The topological polar surface area (TPSA) is 84.5 Å². The Labute approximate surface area is 114 Å².